The largest absolute Gasteiger partial charge is 0.369 e. The fourth-order valence-corrected chi connectivity index (χ4v) is 4.59. The number of rotatable bonds is 3. The molecule has 1 heterocycles. The molecular formula is C19H20FN3O2S. The summed E-state index contributed by atoms with van der Waals surface area (Å²) in [6.07, 6.45) is 0.604. The molecule has 0 aliphatic carbocycles. The van der Waals surface area contributed by atoms with Gasteiger partial charge >= 0.3 is 0 Å². The van der Waals surface area contributed by atoms with Crippen molar-refractivity contribution in [2.45, 2.75) is 18.2 Å². The normalized spacial score (nSPS) is 16.1. The van der Waals surface area contributed by atoms with Crippen molar-refractivity contribution in [2.75, 3.05) is 31.1 Å². The van der Waals surface area contributed by atoms with Crippen LogP contribution in [0.2, 0.25) is 0 Å². The van der Waals surface area contributed by atoms with E-state index in [2.05, 4.69) is 0 Å². The van der Waals surface area contributed by atoms with E-state index in [9.17, 15) is 18.1 Å². The Kier molecular flexibility index (Phi) is 5.25. The summed E-state index contributed by atoms with van der Waals surface area (Å²) in [5.41, 5.74) is 1.52. The molecule has 0 saturated carbocycles. The molecule has 0 unspecified atom stereocenters. The van der Waals surface area contributed by atoms with Crippen LogP contribution >= 0.6 is 0 Å². The topological polar surface area (TPSA) is 64.4 Å². The fraction of sp³-hybridized carbons (Fsp3) is 0.316. The third kappa shape index (κ3) is 3.57. The molecule has 136 valence electrons. The third-order valence-corrected chi connectivity index (χ3v) is 6.47. The Morgan fingerprint density at radius 1 is 1.04 bits per heavy atom. The Hall–Kier alpha value is -2.43. The van der Waals surface area contributed by atoms with Gasteiger partial charge in [0, 0.05) is 26.2 Å². The van der Waals surface area contributed by atoms with Gasteiger partial charge in [-0.3, -0.25) is 0 Å². The molecule has 1 fully saturated rings. The SMILES string of the molecule is Cc1ccc(S(=O)(=O)N2CCCN(c3cccc(F)c3C#N)CC2)cc1. The highest BCUT2D eigenvalue weighted by molar-refractivity contribution is 7.89. The lowest BCUT2D eigenvalue weighted by molar-refractivity contribution is 0.433. The quantitative estimate of drug-likeness (QED) is 0.830. The maximum Gasteiger partial charge on any atom is 0.243 e. The molecule has 2 aromatic rings. The second kappa shape index (κ2) is 7.44. The van der Waals surface area contributed by atoms with Gasteiger partial charge in [0.25, 0.3) is 0 Å². The second-order valence-electron chi connectivity index (χ2n) is 6.30. The molecule has 7 heteroatoms. The maximum absolute atomic E-state index is 13.9. The zero-order valence-electron chi connectivity index (χ0n) is 14.5. The van der Waals surface area contributed by atoms with Crippen molar-refractivity contribution in [1.82, 2.24) is 4.31 Å². The monoisotopic (exact) mass is 373 g/mol. The van der Waals surface area contributed by atoms with Crippen LogP contribution in [0.15, 0.2) is 47.4 Å². The number of hydrogen-bond donors (Lipinski definition) is 0. The third-order valence-electron chi connectivity index (χ3n) is 4.56. The number of hydrogen-bond acceptors (Lipinski definition) is 4. The fourth-order valence-electron chi connectivity index (χ4n) is 3.12. The molecule has 0 radical (unpaired) electrons. The molecule has 0 N–H and O–H groups in total. The van der Waals surface area contributed by atoms with Gasteiger partial charge in [-0.05, 0) is 37.6 Å². The number of nitrogens with zero attached hydrogens (tertiary/aromatic N) is 3. The number of benzene rings is 2. The van der Waals surface area contributed by atoms with Crippen LogP contribution in [-0.4, -0.2) is 38.9 Å². The first-order valence-corrected chi connectivity index (χ1v) is 9.88. The van der Waals surface area contributed by atoms with E-state index in [0.717, 1.165) is 5.56 Å². The molecule has 26 heavy (non-hydrogen) atoms. The zero-order chi connectivity index (χ0) is 18.7. The van der Waals surface area contributed by atoms with E-state index in [1.165, 1.54) is 10.4 Å². The van der Waals surface area contributed by atoms with Gasteiger partial charge in [0.05, 0.1) is 10.6 Å². The molecule has 1 saturated heterocycles. The van der Waals surface area contributed by atoms with Crippen LogP contribution in [0, 0.1) is 24.1 Å². The highest BCUT2D eigenvalue weighted by Crippen LogP contribution is 2.25. The number of nitriles is 1. The lowest BCUT2D eigenvalue weighted by atomic mass is 10.1. The van der Waals surface area contributed by atoms with Gasteiger partial charge in [0.15, 0.2) is 0 Å². The van der Waals surface area contributed by atoms with Crippen LogP contribution in [0.3, 0.4) is 0 Å². The van der Waals surface area contributed by atoms with Crippen molar-refractivity contribution < 1.29 is 12.8 Å². The van der Waals surface area contributed by atoms with Crippen LogP contribution in [0.4, 0.5) is 10.1 Å². The Morgan fingerprint density at radius 3 is 2.46 bits per heavy atom. The van der Waals surface area contributed by atoms with Crippen LogP contribution in [0.1, 0.15) is 17.5 Å². The summed E-state index contributed by atoms with van der Waals surface area (Å²) >= 11 is 0. The van der Waals surface area contributed by atoms with Crippen LogP contribution < -0.4 is 4.90 Å². The van der Waals surface area contributed by atoms with E-state index in [-0.39, 0.29) is 17.0 Å². The first-order chi connectivity index (χ1) is 12.4. The van der Waals surface area contributed by atoms with E-state index in [0.29, 0.717) is 31.7 Å². The van der Waals surface area contributed by atoms with E-state index in [4.69, 9.17) is 0 Å². The summed E-state index contributed by atoms with van der Waals surface area (Å²) in [6.45, 7) is 3.56. The van der Waals surface area contributed by atoms with Gasteiger partial charge in [0.2, 0.25) is 10.0 Å². The van der Waals surface area contributed by atoms with Gasteiger partial charge in [-0.1, -0.05) is 23.8 Å². The van der Waals surface area contributed by atoms with Gasteiger partial charge in [-0.25, -0.2) is 12.8 Å². The van der Waals surface area contributed by atoms with Crippen molar-refractivity contribution in [3.05, 3.63) is 59.4 Å². The summed E-state index contributed by atoms with van der Waals surface area (Å²) in [5, 5.41) is 9.23. The first kappa shape index (κ1) is 18.4. The Morgan fingerprint density at radius 2 is 1.77 bits per heavy atom. The maximum atomic E-state index is 13.9. The molecule has 1 aliphatic heterocycles. The number of sulfonamides is 1. The van der Waals surface area contributed by atoms with Gasteiger partial charge in [0.1, 0.15) is 17.4 Å². The average molecular weight is 373 g/mol. The van der Waals surface area contributed by atoms with Crippen molar-refractivity contribution in [1.29, 1.82) is 5.26 Å². The summed E-state index contributed by atoms with van der Waals surface area (Å²) < 4.78 is 41.1. The lowest BCUT2D eigenvalue weighted by Gasteiger charge is -2.24. The number of anilines is 1. The summed E-state index contributed by atoms with van der Waals surface area (Å²) in [7, 11) is -3.56. The van der Waals surface area contributed by atoms with E-state index in [1.54, 1.807) is 36.4 Å². The number of aryl methyl sites for hydroxylation is 1. The first-order valence-electron chi connectivity index (χ1n) is 8.44. The average Bonchev–Trinajstić information content (AvgIpc) is 2.88. The summed E-state index contributed by atoms with van der Waals surface area (Å²) in [5.74, 6) is -0.557. The predicted octanol–water partition coefficient (Wildman–Crippen LogP) is 2.91. The van der Waals surface area contributed by atoms with Crippen molar-refractivity contribution in [3.8, 4) is 6.07 Å². The van der Waals surface area contributed by atoms with Crippen LogP contribution in [0.25, 0.3) is 0 Å². The molecule has 5 nitrogen and oxygen atoms in total. The zero-order valence-corrected chi connectivity index (χ0v) is 15.3. The molecule has 0 amide bonds. The molecule has 0 aromatic heterocycles. The highest BCUT2D eigenvalue weighted by Gasteiger charge is 2.27. The van der Waals surface area contributed by atoms with E-state index >= 15 is 0 Å². The minimum absolute atomic E-state index is 0.00217. The molecule has 3 rings (SSSR count). The Labute approximate surface area is 153 Å². The minimum Gasteiger partial charge on any atom is -0.369 e. The molecule has 2 aromatic carbocycles. The number of halogens is 1. The molecule has 1 aliphatic rings. The molecule has 0 bridgehead atoms. The lowest BCUT2D eigenvalue weighted by Crippen LogP contribution is -2.35. The molecule has 0 spiro atoms. The van der Waals surface area contributed by atoms with Crippen molar-refractivity contribution in [2.24, 2.45) is 0 Å². The Balaban J connectivity index is 1.82. The summed E-state index contributed by atoms with van der Waals surface area (Å²) in [4.78, 5) is 2.16. The second-order valence-corrected chi connectivity index (χ2v) is 8.24. The van der Waals surface area contributed by atoms with Crippen LogP contribution in [-0.2, 0) is 10.0 Å². The van der Waals surface area contributed by atoms with E-state index < -0.39 is 15.8 Å². The highest BCUT2D eigenvalue weighted by atomic mass is 32.2. The molecule has 0 atom stereocenters. The Bertz CT molecular complexity index is 936. The van der Waals surface area contributed by atoms with Crippen molar-refractivity contribution >= 4 is 15.7 Å². The smallest absolute Gasteiger partial charge is 0.243 e. The minimum atomic E-state index is -3.56. The van der Waals surface area contributed by atoms with Crippen molar-refractivity contribution in [3.63, 3.8) is 0 Å². The standard InChI is InChI=1S/C19H20FN3O2S/c1-15-6-8-16(9-7-15)26(24,25)23-11-3-10-22(12-13-23)19-5-2-4-18(20)17(19)14-21/h2,4-9H,3,10-13H2,1H3. The predicted molar refractivity (Wildman–Crippen MR) is 97.9 cm³/mol. The van der Waals surface area contributed by atoms with Gasteiger partial charge < -0.3 is 4.90 Å². The van der Waals surface area contributed by atoms with Gasteiger partial charge in [-0.15, -0.1) is 0 Å². The molecular weight excluding hydrogens is 353 g/mol. The van der Waals surface area contributed by atoms with Crippen LogP contribution in [0.5, 0.6) is 0 Å². The van der Waals surface area contributed by atoms with E-state index in [1.807, 2.05) is 17.9 Å². The summed E-state index contributed by atoms with van der Waals surface area (Å²) in [6, 6.07) is 13.2. The van der Waals surface area contributed by atoms with Gasteiger partial charge in [-0.2, -0.15) is 9.57 Å².